The number of ether oxygens (including phenoxy) is 1. The topological polar surface area (TPSA) is 9.23 Å². The molecule has 1 nitrogen and oxygen atoms in total. The SMILES string of the molecule is CCC[C@H]1CC[C@H](CCCOc2ccc([C@H]3CC[C@H](CCC)CC3)cc2)CC1. The van der Waals surface area contributed by atoms with E-state index in [1.54, 1.807) is 0 Å². The fraction of sp³-hybridized carbons (Fsp3) is 0.778. The molecule has 2 fully saturated rings. The highest BCUT2D eigenvalue weighted by molar-refractivity contribution is 5.29. The van der Waals surface area contributed by atoms with Gasteiger partial charge in [0.1, 0.15) is 5.75 Å². The summed E-state index contributed by atoms with van der Waals surface area (Å²) in [6.07, 6.45) is 19.6. The summed E-state index contributed by atoms with van der Waals surface area (Å²) in [5.74, 6) is 4.82. The molecule has 0 amide bonds. The van der Waals surface area contributed by atoms with Crippen molar-refractivity contribution in [2.45, 2.75) is 110 Å². The van der Waals surface area contributed by atoms with Crippen LogP contribution in [0.1, 0.15) is 115 Å². The standard InChI is InChI=1S/C27H44O/c1-3-6-22-9-11-24(12-10-22)8-5-21-28-27-19-17-26(18-20-27)25-15-13-23(7-4-2)14-16-25/h17-20,22-25H,3-16,21H2,1-2H3/t22-,23-,24-,25-. The van der Waals surface area contributed by atoms with Gasteiger partial charge in [0.2, 0.25) is 0 Å². The lowest BCUT2D eigenvalue weighted by Gasteiger charge is -2.28. The number of benzene rings is 1. The zero-order valence-electron chi connectivity index (χ0n) is 18.6. The monoisotopic (exact) mass is 384 g/mol. The summed E-state index contributed by atoms with van der Waals surface area (Å²) in [6.45, 7) is 5.53. The van der Waals surface area contributed by atoms with Crippen LogP contribution in [0.2, 0.25) is 0 Å². The molecule has 2 aliphatic rings. The second kappa shape index (κ2) is 11.9. The van der Waals surface area contributed by atoms with Crippen LogP contribution in [0.15, 0.2) is 24.3 Å². The smallest absolute Gasteiger partial charge is 0.119 e. The van der Waals surface area contributed by atoms with Gasteiger partial charge < -0.3 is 4.74 Å². The molecule has 0 spiro atoms. The average Bonchev–Trinajstić information content (AvgIpc) is 2.74. The Morgan fingerprint density at radius 2 is 1.18 bits per heavy atom. The minimum Gasteiger partial charge on any atom is -0.494 e. The summed E-state index contributed by atoms with van der Waals surface area (Å²) in [7, 11) is 0. The summed E-state index contributed by atoms with van der Waals surface area (Å²) in [6, 6.07) is 9.08. The molecule has 2 saturated carbocycles. The first-order valence-corrected chi connectivity index (χ1v) is 12.5. The molecule has 0 N–H and O–H groups in total. The summed E-state index contributed by atoms with van der Waals surface area (Å²) in [5, 5.41) is 0. The third-order valence-corrected chi connectivity index (χ3v) is 7.58. The van der Waals surface area contributed by atoms with Crippen LogP contribution in [0.5, 0.6) is 5.75 Å². The van der Waals surface area contributed by atoms with E-state index < -0.39 is 0 Å². The summed E-state index contributed by atoms with van der Waals surface area (Å²) in [5.41, 5.74) is 1.53. The average molecular weight is 385 g/mol. The van der Waals surface area contributed by atoms with Crippen molar-refractivity contribution in [1.82, 2.24) is 0 Å². The van der Waals surface area contributed by atoms with Crippen LogP contribution in [-0.2, 0) is 0 Å². The van der Waals surface area contributed by atoms with Crippen molar-refractivity contribution in [2.75, 3.05) is 6.61 Å². The van der Waals surface area contributed by atoms with Gasteiger partial charge in [-0.15, -0.1) is 0 Å². The van der Waals surface area contributed by atoms with E-state index in [2.05, 4.69) is 38.1 Å². The van der Waals surface area contributed by atoms with Crippen LogP contribution in [0.3, 0.4) is 0 Å². The second-order valence-electron chi connectivity index (χ2n) is 9.74. The third kappa shape index (κ3) is 6.82. The first-order chi connectivity index (χ1) is 13.8. The number of rotatable bonds is 10. The minimum atomic E-state index is 0.782. The van der Waals surface area contributed by atoms with Gasteiger partial charge in [-0.05, 0) is 79.9 Å². The molecule has 0 atom stereocenters. The Hall–Kier alpha value is -0.980. The van der Waals surface area contributed by atoms with Crippen molar-refractivity contribution in [1.29, 1.82) is 0 Å². The molecule has 1 heteroatoms. The van der Waals surface area contributed by atoms with Crippen LogP contribution >= 0.6 is 0 Å². The Balaban J connectivity index is 1.31. The minimum absolute atomic E-state index is 0.782. The van der Waals surface area contributed by atoms with Crippen LogP contribution in [-0.4, -0.2) is 6.61 Å². The third-order valence-electron chi connectivity index (χ3n) is 7.58. The highest BCUT2D eigenvalue weighted by atomic mass is 16.5. The number of hydrogen-bond acceptors (Lipinski definition) is 1. The zero-order valence-corrected chi connectivity index (χ0v) is 18.6. The zero-order chi connectivity index (χ0) is 19.6. The molecule has 2 aliphatic carbocycles. The molecule has 0 saturated heterocycles. The van der Waals surface area contributed by atoms with E-state index in [1.807, 2.05) is 0 Å². The molecule has 0 bridgehead atoms. The van der Waals surface area contributed by atoms with Crippen molar-refractivity contribution in [3.8, 4) is 5.75 Å². The van der Waals surface area contributed by atoms with E-state index in [9.17, 15) is 0 Å². The fourth-order valence-corrected chi connectivity index (χ4v) is 5.81. The Morgan fingerprint density at radius 3 is 1.71 bits per heavy atom. The Kier molecular flexibility index (Phi) is 9.22. The van der Waals surface area contributed by atoms with Crippen LogP contribution in [0, 0.1) is 17.8 Å². The second-order valence-corrected chi connectivity index (χ2v) is 9.74. The van der Waals surface area contributed by atoms with E-state index in [0.717, 1.165) is 36.0 Å². The van der Waals surface area contributed by atoms with Gasteiger partial charge >= 0.3 is 0 Å². The highest BCUT2D eigenvalue weighted by Gasteiger charge is 2.22. The molecule has 1 aromatic carbocycles. The van der Waals surface area contributed by atoms with E-state index in [0.29, 0.717) is 0 Å². The summed E-state index contributed by atoms with van der Waals surface area (Å²) < 4.78 is 6.05. The molecule has 0 radical (unpaired) electrons. The van der Waals surface area contributed by atoms with Gasteiger partial charge in [-0.1, -0.05) is 77.3 Å². The fourth-order valence-electron chi connectivity index (χ4n) is 5.81. The molecular weight excluding hydrogens is 340 g/mol. The molecule has 0 aliphatic heterocycles. The van der Waals surface area contributed by atoms with Crippen LogP contribution in [0.4, 0.5) is 0 Å². The maximum atomic E-state index is 6.05. The van der Waals surface area contributed by atoms with E-state index >= 15 is 0 Å². The maximum absolute atomic E-state index is 6.05. The molecule has 3 rings (SSSR count). The predicted molar refractivity (Wildman–Crippen MR) is 121 cm³/mol. The van der Waals surface area contributed by atoms with Gasteiger partial charge in [0, 0.05) is 0 Å². The molecule has 28 heavy (non-hydrogen) atoms. The van der Waals surface area contributed by atoms with E-state index in [-0.39, 0.29) is 0 Å². The molecule has 158 valence electrons. The normalized spacial score (nSPS) is 28.2. The number of hydrogen-bond donors (Lipinski definition) is 0. The predicted octanol–water partition coefficient (Wildman–Crippen LogP) is 8.53. The van der Waals surface area contributed by atoms with E-state index in [1.165, 1.54) is 95.5 Å². The van der Waals surface area contributed by atoms with Crippen LogP contribution in [0.25, 0.3) is 0 Å². The van der Waals surface area contributed by atoms with Crippen molar-refractivity contribution >= 4 is 0 Å². The highest BCUT2D eigenvalue weighted by Crippen LogP contribution is 2.38. The van der Waals surface area contributed by atoms with Crippen molar-refractivity contribution in [3.05, 3.63) is 29.8 Å². The molecule has 1 aromatic rings. The summed E-state index contributed by atoms with van der Waals surface area (Å²) in [4.78, 5) is 0. The van der Waals surface area contributed by atoms with Crippen molar-refractivity contribution in [2.24, 2.45) is 17.8 Å². The lowest BCUT2D eigenvalue weighted by Crippen LogP contribution is -2.15. The van der Waals surface area contributed by atoms with E-state index in [4.69, 9.17) is 4.74 Å². The van der Waals surface area contributed by atoms with Crippen molar-refractivity contribution in [3.63, 3.8) is 0 Å². The Morgan fingerprint density at radius 1 is 0.679 bits per heavy atom. The Bertz CT molecular complexity index is 518. The van der Waals surface area contributed by atoms with Crippen LogP contribution < -0.4 is 4.74 Å². The quantitative estimate of drug-likeness (QED) is 0.367. The van der Waals surface area contributed by atoms with Gasteiger partial charge in [0.15, 0.2) is 0 Å². The molecule has 0 aromatic heterocycles. The largest absolute Gasteiger partial charge is 0.494 e. The summed E-state index contributed by atoms with van der Waals surface area (Å²) >= 11 is 0. The molecule has 0 heterocycles. The molecular formula is C27H44O. The van der Waals surface area contributed by atoms with Gasteiger partial charge in [-0.3, -0.25) is 0 Å². The first-order valence-electron chi connectivity index (χ1n) is 12.5. The van der Waals surface area contributed by atoms with Crippen molar-refractivity contribution < 1.29 is 4.74 Å². The first kappa shape index (κ1) is 21.7. The maximum Gasteiger partial charge on any atom is 0.119 e. The lowest BCUT2D eigenvalue weighted by molar-refractivity contribution is 0.230. The Labute approximate surface area is 174 Å². The van der Waals surface area contributed by atoms with Gasteiger partial charge in [0.05, 0.1) is 6.61 Å². The molecule has 0 unspecified atom stereocenters. The van der Waals surface area contributed by atoms with Gasteiger partial charge in [-0.2, -0.15) is 0 Å². The van der Waals surface area contributed by atoms with Gasteiger partial charge in [-0.25, -0.2) is 0 Å². The lowest BCUT2D eigenvalue weighted by atomic mass is 9.77. The van der Waals surface area contributed by atoms with Gasteiger partial charge in [0.25, 0.3) is 0 Å².